The predicted molar refractivity (Wildman–Crippen MR) is 99.3 cm³/mol. The van der Waals surface area contributed by atoms with Gasteiger partial charge in [-0.3, -0.25) is 15.0 Å². The van der Waals surface area contributed by atoms with E-state index in [9.17, 15) is 9.59 Å². The van der Waals surface area contributed by atoms with Crippen LogP contribution in [0.4, 0.5) is 0 Å². The highest BCUT2D eigenvalue weighted by Gasteiger charge is 2.34. The van der Waals surface area contributed by atoms with Gasteiger partial charge in [0.25, 0.3) is 11.8 Å². The zero-order valence-corrected chi connectivity index (χ0v) is 14.9. The van der Waals surface area contributed by atoms with Crippen molar-refractivity contribution in [2.75, 3.05) is 0 Å². The molecular weight excluding hydrogens is 366 g/mol. The van der Waals surface area contributed by atoms with E-state index in [0.717, 1.165) is 22.5 Å². The van der Waals surface area contributed by atoms with Crippen LogP contribution in [0.25, 0.3) is 6.08 Å². The number of thioether (sulfide) groups is 1. The predicted octanol–water partition coefficient (Wildman–Crippen LogP) is 3.22. The van der Waals surface area contributed by atoms with Gasteiger partial charge in [0.2, 0.25) is 0 Å². The SMILES string of the molecule is Cn1cccc1/C=C1/SC(=S)N(NC(=O)c2ccccc2Cl)C1=O. The Hall–Kier alpha value is -2.09. The highest BCUT2D eigenvalue weighted by molar-refractivity contribution is 8.26. The summed E-state index contributed by atoms with van der Waals surface area (Å²) in [6.07, 6.45) is 3.62. The fourth-order valence-electron chi connectivity index (χ4n) is 2.13. The largest absolute Gasteiger partial charge is 0.351 e. The zero-order valence-electron chi connectivity index (χ0n) is 12.5. The van der Waals surface area contributed by atoms with Crippen LogP contribution < -0.4 is 5.43 Å². The second-order valence-electron chi connectivity index (χ2n) is 4.98. The number of hydrazine groups is 1. The van der Waals surface area contributed by atoms with Crippen molar-refractivity contribution in [3.8, 4) is 0 Å². The lowest BCUT2D eigenvalue weighted by molar-refractivity contribution is -0.123. The highest BCUT2D eigenvalue weighted by atomic mass is 35.5. The lowest BCUT2D eigenvalue weighted by Crippen LogP contribution is -2.44. The Labute approximate surface area is 153 Å². The van der Waals surface area contributed by atoms with Crippen LogP contribution >= 0.6 is 35.6 Å². The molecule has 2 heterocycles. The summed E-state index contributed by atoms with van der Waals surface area (Å²) in [5.74, 6) is -0.858. The van der Waals surface area contributed by atoms with Gasteiger partial charge in [0.1, 0.15) is 0 Å². The second kappa shape index (κ2) is 6.80. The number of thiocarbonyl (C=S) groups is 1. The monoisotopic (exact) mass is 377 g/mol. The Kier molecular flexibility index (Phi) is 4.75. The van der Waals surface area contributed by atoms with Gasteiger partial charge in [-0.1, -0.05) is 35.5 Å². The van der Waals surface area contributed by atoms with Crippen LogP contribution in [-0.2, 0) is 11.8 Å². The van der Waals surface area contributed by atoms with E-state index >= 15 is 0 Å². The first-order valence-electron chi connectivity index (χ1n) is 6.92. The molecule has 0 atom stereocenters. The number of nitrogens with one attached hydrogen (secondary N) is 1. The number of nitrogens with zero attached hydrogens (tertiary/aromatic N) is 2. The molecule has 1 fully saturated rings. The molecule has 8 heteroatoms. The van der Waals surface area contributed by atoms with Crippen LogP contribution in [-0.4, -0.2) is 25.7 Å². The maximum absolute atomic E-state index is 12.5. The summed E-state index contributed by atoms with van der Waals surface area (Å²) < 4.78 is 2.15. The number of hydrogen-bond acceptors (Lipinski definition) is 4. The minimum atomic E-state index is -0.489. The fourth-order valence-corrected chi connectivity index (χ4v) is 3.52. The van der Waals surface area contributed by atoms with E-state index in [1.165, 1.54) is 0 Å². The molecule has 2 aromatic rings. The van der Waals surface area contributed by atoms with Crippen molar-refractivity contribution in [1.29, 1.82) is 0 Å². The lowest BCUT2D eigenvalue weighted by atomic mass is 10.2. The molecule has 24 heavy (non-hydrogen) atoms. The van der Waals surface area contributed by atoms with Crippen LogP contribution in [0, 0.1) is 0 Å². The summed E-state index contributed by atoms with van der Waals surface area (Å²) in [5, 5.41) is 1.38. The Balaban J connectivity index is 1.80. The smallest absolute Gasteiger partial charge is 0.285 e. The van der Waals surface area contributed by atoms with Gasteiger partial charge in [-0.05, 0) is 42.6 Å². The van der Waals surface area contributed by atoms with Crippen molar-refractivity contribution in [1.82, 2.24) is 15.0 Å². The number of aryl methyl sites for hydroxylation is 1. The number of rotatable bonds is 3. The van der Waals surface area contributed by atoms with E-state index in [0.29, 0.717) is 9.93 Å². The van der Waals surface area contributed by atoms with Gasteiger partial charge in [-0.2, -0.15) is 5.01 Å². The van der Waals surface area contributed by atoms with Gasteiger partial charge in [0.15, 0.2) is 4.32 Å². The summed E-state index contributed by atoms with van der Waals surface area (Å²) in [4.78, 5) is 25.3. The minimum Gasteiger partial charge on any atom is -0.351 e. The third-order valence-corrected chi connectivity index (χ3v) is 5.02. The normalized spacial score (nSPS) is 16.1. The molecule has 0 aliphatic carbocycles. The van der Waals surface area contributed by atoms with Gasteiger partial charge in [-0.15, -0.1) is 0 Å². The summed E-state index contributed by atoms with van der Waals surface area (Å²) in [7, 11) is 1.88. The van der Waals surface area contributed by atoms with Gasteiger partial charge in [-0.25, -0.2) is 0 Å². The van der Waals surface area contributed by atoms with Crippen LogP contribution in [0.2, 0.25) is 5.02 Å². The average molecular weight is 378 g/mol. The molecule has 0 spiro atoms. The quantitative estimate of drug-likeness (QED) is 0.659. The highest BCUT2D eigenvalue weighted by Crippen LogP contribution is 2.31. The molecule has 1 aromatic carbocycles. The number of aromatic nitrogens is 1. The van der Waals surface area contributed by atoms with Crippen molar-refractivity contribution in [2.45, 2.75) is 0 Å². The molecule has 1 aliphatic rings. The number of hydrogen-bond donors (Lipinski definition) is 1. The maximum atomic E-state index is 12.5. The molecule has 1 aromatic heterocycles. The first-order chi connectivity index (χ1) is 11.5. The number of carbonyl (C=O) groups is 2. The second-order valence-corrected chi connectivity index (χ2v) is 7.06. The molecular formula is C16H12ClN3O2S2. The standard InChI is InChI=1S/C16H12ClN3O2S2/c1-19-8-4-5-10(19)9-13-15(22)20(16(23)24-13)18-14(21)11-6-2-3-7-12(11)17/h2-9H,1H3,(H,18,21)/b13-9+. The minimum absolute atomic E-state index is 0.265. The summed E-state index contributed by atoms with van der Waals surface area (Å²) in [5.41, 5.74) is 3.66. The van der Waals surface area contributed by atoms with E-state index in [1.807, 2.05) is 29.9 Å². The number of amides is 2. The topological polar surface area (TPSA) is 54.3 Å². The van der Waals surface area contributed by atoms with E-state index in [-0.39, 0.29) is 15.8 Å². The Morgan fingerprint density at radius 3 is 2.71 bits per heavy atom. The third-order valence-electron chi connectivity index (χ3n) is 3.39. The lowest BCUT2D eigenvalue weighted by Gasteiger charge is -2.16. The maximum Gasteiger partial charge on any atom is 0.285 e. The van der Waals surface area contributed by atoms with Crippen LogP contribution in [0.3, 0.4) is 0 Å². The number of halogens is 1. The van der Waals surface area contributed by atoms with Gasteiger partial charge >= 0.3 is 0 Å². The summed E-state index contributed by atoms with van der Waals surface area (Å²) in [6.45, 7) is 0. The first kappa shape index (κ1) is 16.8. The Morgan fingerprint density at radius 2 is 2.04 bits per heavy atom. The van der Waals surface area contributed by atoms with Crippen molar-refractivity contribution < 1.29 is 9.59 Å². The van der Waals surface area contributed by atoms with E-state index < -0.39 is 5.91 Å². The molecule has 1 saturated heterocycles. The first-order valence-corrected chi connectivity index (χ1v) is 8.52. The average Bonchev–Trinajstić information content (AvgIpc) is 3.06. The Bertz CT molecular complexity index is 876. The number of carbonyl (C=O) groups excluding carboxylic acids is 2. The molecule has 0 saturated carbocycles. The van der Waals surface area contributed by atoms with Crippen molar-refractivity contribution in [2.24, 2.45) is 7.05 Å². The molecule has 3 rings (SSSR count). The zero-order chi connectivity index (χ0) is 17.3. The molecule has 0 radical (unpaired) electrons. The molecule has 0 bridgehead atoms. The molecule has 2 amide bonds. The van der Waals surface area contributed by atoms with E-state index in [1.54, 1.807) is 30.3 Å². The van der Waals surface area contributed by atoms with E-state index in [4.69, 9.17) is 23.8 Å². The molecule has 5 nitrogen and oxygen atoms in total. The van der Waals surface area contributed by atoms with Crippen LogP contribution in [0.5, 0.6) is 0 Å². The van der Waals surface area contributed by atoms with Gasteiger partial charge in [0.05, 0.1) is 15.5 Å². The number of benzene rings is 1. The molecule has 0 unspecified atom stereocenters. The summed E-state index contributed by atoms with van der Waals surface area (Å²) >= 11 is 12.3. The Morgan fingerprint density at radius 1 is 1.29 bits per heavy atom. The molecule has 122 valence electrons. The van der Waals surface area contributed by atoms with Crippen molar-refractivity contribution >= 4 is 57.8 Å². The van der Waals surface area contributed by atoms with Gasteiger partial charge < -0.3 is 4.57 Å². The van der Waals surface area contributed by atoms with Gasteiger partial charge in [0, 0.05) is 18.9 Å². The van der Waals surface area contributed by atoms with Crippen LogP contribution in [0.1, 0.15) is 16.1 Å². The summed E-state index contributed by atoms with van der Waals surface area (Å²) in [6, 6.07) is 10.4. The van der Waals surface area contributed by atoms with E-state index in [2.05, 4.69) is 5.43 Å². The van der Waals surface area contributed by atoms with Crippen LogP contribution in [0.15, 0.2) is 47.5 Å². The third kappa shape index (κ3) is 3.24. The molecule has 1 aliphatic heterocycles. The fraction of sp³-hybridized carbons (Fsp3) is 0.0625. The van der Waals surface area contributed by atoms with Crippen molar-refractivity contribution in [3.05, 3.63) is 63.8 Å². The van der Waals surface area contributed by atoms with Crippen molar-refractivity contribution in [3.63, 3.8) is 0 Å². The molecule has 1 N–H and O–H groups in total.